The molecule has 1 saturated carbocycles. The zero-order valence-electron chi connectivity index (χ0n) is 11.2. The normalized spacial score (nSPS) is 21.9. The van der Waals surface area contributed by atoms with Crippen LogP contribution in [-0.2, 0) is 9.53 Å². The fourth-order valence-electron chi connectivity index (χ4n) is 3.15. The van der Waals surface area contributed by atoms with Crippen LogP contribution in [0.15, 0.2) is 47.7 Å². The molecule has 0 saturated heterocycles. The number of hydrogen-bond donors (Lipinski definition) is 0. The quantitative estimate of drug-likeness (QED) is 0.743. The summed E-state index contributed by atoms with van der Waals surface area (Å²) in [5, 5.41) is 0. The van der Waals surface area contributed by atoms with Crippen molar-refractivity contribution in [2.24, 2.45) is 5.92 Å². The first-order valence-electron chi connectivity index (χ1n) is 6.94. The second kappa shape index (κ2) is 5.04. The number of ether oxygens (including phenoxy) is 1. The monoisotopic (exact) mass is 254 g/mol. The van der Waals surface area contributed by atoms with Crippen molar-refractivity contribution in [2.75, 3.05) is 0 Å². The summed E-state index contributed by atoms with van der Waals surface area (Å²) in [6.45, 7) is 1.47. The van der Waals surface area contributed by atoms with Gasteiger partial charge in [-0.15, -0.1) is 0 Å². The van der Waals surface area contributed by atoms with Gasteiger partial charge in [-0.2, -0.15) is 0 Å². The van der Waals surface area contributed by atoms with Crippen LogP contribution in [0.4, 0.5) is 0 Å². The summed E-state index contributed by atoms with van der Waals surface area (Å²) in [7, 11) is 0. The van der Waals surface area contributed by atoms with Gasteiger partial charge in [-0.3, -0.25) is 4.79 Å². The van der Waals surface area contributed by atoms with E-state index in [0.29, 0.717) is 5.92 Å². The Balaban J connectivity index is 1.97. The summed E-state index contributed by atoms with van der Waals surface area (Å²) >= 11 is 0. The van der Waals surface area contributed by atoms with Gasteiger partial charge in [0.1, 0.15) is 5.76 Å². The summed E-state index contributed by atoms with van der Waals surface area (Å²) in [5.74, 6) is 1.03. The van der Waals surface area contributed by atoms with Crippen molar-refractivity contribution >= 4 is 11.5 Å². The van der Waals surface area contributed by atoms with Crippen molar-refractivity contribution in [1.29, 1.82) is 0 Å². The van der Waals surface area contributed by atoms with Gasteiger partial charge in [-0.25, -0.2) is 0 Å². The standard InChI is InChI=1S/C17H18O2/c1-12(18)19-17-11-16(13-7-3-2-4-8-13)14-9-5-6-10-15(14)17/h2-4,7-8,11,14H,5-6,9-10H2,1H3. The molecule has 0 N–H and O–H groups in total. The highest BCUT2D eigenvalue weighted by Crippen LogP contribution is 2.46. The van der Waals surface area contributed by atoms with E-state index in [2.05, 4.69) is 30.3 Å². The SMILES string of the molecule is CC(=O)OC1=C2CCCCC2C(c2ccccc2)=C1. The molecular formula is C17H18O2. The second-order valence-corrected chi connectivity index (χ2v) is 5.25. The van der Waals surface area contributed by atoms with Crippen molar-refractivity contribution in [3.8, 4) is 0 Å². The summed E-state index contributed by atoms with van der Waals surface area (Å²) in [4.78, 5) is 11.2. The maximum Gasteiger partial charge on any atom is 0.308 e. The van der Waals surface area contributed by atoms with Crippen molar-refractivity contribution in [1.82, 2.24) is 0 Å². The van der Waals surface area contributed by atoms with Gasteiger partial charge < -0.3 is 4.74 Å². The molecular weight excluding hydrogens is 236 g/mol. The molecule has 2 aliphatic rings. The molecule has 0 heterocycles. The molecule has 0 aliphatic heterocycles. The average Bonchev–Trinajstić information content (AvgIpc) is 2.78. The third-order valence-electron chi connectivity index (χ3n) is 3.95. The van der Waals surface area contributed by atoms with E-state index >= 15 is 0 Å². The Morgan fingerprint density at radius 3 is 2.74 bits per heavy atom. The minimum absolute atomic E-state index is 0.225. The van der Waals surface area contributed by atoms with Gasteiger partial charge in [0.25, 0.3) is 0 Å². The molecule has 2 heteroatoms. The molecule has 0 radical (unpaired) electrons. The summed E-state index contributed by atoms with van der Waals surface area (Å²) in [6.07, 6.45) is 6.75. The molecule has 1 unspecified atom stereocenters. The van der Waals surface area contributed by atoms with Crippen LogP contribution in [0.5, 0.6) is 0 Å². The van der Waals surface area contributed by atoms with Crippen molar-refractivity contribution in [2.45, 2.75) is 32.6 Å². The first-order valence-corrected chi connectivity index (χ1v) is 6.94. The zero-order valence-corrected chi connectivity index (χ0v) is 11.2. The molecule has 3 rings (SSSR count). The summed E-state index contributed by atoms with van der Waals surface area (Å²) in [6, 6.07) is 10.4. The number of fused-ring (bicyclic) bond motifs is 1. The molecule has 1 aromatic rings. The van der Waals surface area contributed by atoms with E-state index in [1.165, 1.54) is 42.9 Å². The number of carbonyl (C=O) groups excluding carboxylic acids is 1. The van der Waals surface area contributed by atoms with E-state index in [1.807, 2.05) is 6.07 Å². The molecule has 0 amide bonds. The van der Waals surface area contributed by atoms with E-state index in [9.17, 15) is 4.79 Å². The number of hydrogen-bond acceptors (Lipinski definition) is 2. The van der Waals surface area contributed by atoms with E-state index in [1.54, 1.807) is 0 Å². The average molecular weight is 254 g/mol. The maximum absolute atomic E-state index is 11.2. The highest BCUT2D eigenvalue weighted by Gasteiger charge is 2.32. The Kier molecular flexibility index (Phi) is 3.24. The van der Waals surface area contributed by atoms with Gasteiger partial charge in [-0.1, -0.05) is 36.8 Å². The Hall–Kier alpha value is -1.83. The van der Waals surface area contributed by atoms with E-state index in [0.717, 1.165) is 12.2 Å². The van der Waals surface area contributed by atoms with Gasteiger partial charge >= 0.3 is 5.97 Å². The molecule has 19 heavy (non-hydrogen) atoms. The van der Waals surface area contributed by atoms with Gasteiger partial charge in [0.05, 0.1) is 0 Å². The van der Waals surface area contributed by atoms with Gasteiger partial charge in [-0.05, 0) is 42.0 Å². The third-order valence-corrected chi connectivity index (χ3v) is 3.95. The molecule has 1 atom stereocenters. The number of esters is 1. The number of benzene rings is 1. The molecule has 1 aromatic carbocycles. The summed E-state index contributed by atoms with van der Waals surface area (Å²) < 4.78 is 5.40. The smallest absolute Gasteiger partial charge is 0.308 e. The minimum Gasteiger partial charge on any atom is -0.427 e. The van der Waals surface area contributed by atoms with Gasteiger partial charge in [0, 0.05) is 12.8 Å². The Morgan fingerprint density at radius 2 is 2.00 bits per heavy atom. The summed E-state index contributed by atoms with van der Waals surface area (Å²) in [5.41, 5.74) is 3.88. The zero-order chi connectivity index (χ0) is 13.2. The van der Waals surface area contributed by atoms with Crippen molar-refractivity contribution in [3.05, 3.63) is 53.3 Å². The molecule has 2 aliphatic carbocycles. The molecule has 1 fully saturated rings. The minimum atomic E-state index is -0.225. The third kappa shape index (κ3) is 2.35. The van der Waals surface area contributed by atoms with Crippen LogP contribution in [0, 0.1) is 5.92 Å². The fourth-order valence-corrected chi connectivity index (χ4v) is 3.15. The molecule has 98 valence electrons. The van der Waals surface area contributed by atoms with Crippen LogP contribution >= 0.6 is 0 Å². The number of rotatable bonds is 2. The van der Waals surface area contributed by atoms with Crippen LogP contribution < -0.4 is 0 Å². The molecule has 0 spiro atoms. The lowest BCUT2D eigenvalue weighted by molar-refractivity contribution is -0.136. The molecule has 0 bridgehead atoms. The van der Waals surface area contributed by atoms with Crippen molar-refractivity contribution < 1.29 is 9.53 Å². The first-order chi connectivity index (χ1) is 9.25. The second-order valence-electron chi connectivity index (χ2n) is 5.25. The lowest BCUT2D eigenvalue weighted by Gasteiger charge is -2.24. The fraction of sp³-hybridized carbons (Fsp3) is 0.353. The van der Waals surface area contributed by atoms with Crippen LogP contribution in [0.3, 0.4) is 0 Å². The van der Waals surface area contributed by atoms with Crippen LogP contribution in [0.25, 0.3) is 5.57 Å². The Labute approximate surface area is 113 Å². The van der Waals surface area contributed by atoms with E-state index < -0.39 is 0 Å². The van der Waals surface area contributed by atoms with E-state index in [4.69, 9.17) is 4.74 Å². The van der Waals surface area contributed by atoms with Gasteiger partial charge in [0.2, 0.25) is 0 Å². The maximum atomic E-state index is 11.2. The predicted molar refractivity (Wildman–Crippen MR) is 75.2 cm³/mol. The predicted octanol–water partition coefficient (Wildman–Crippen LogP) is 4.09. The largest absolute Gasteiger partial charge is 0.427 e. The Bertz CT molecular complexity index is 552. The number of carbonyl (C=O) groups is 1. The topological polar surface area (TPSA) is 26.3 Å². The van der Waals surface area contributed by atoms with Crippen LogP contribution in [0.1, 0.15) is 38.2 Å². The Morgan fingerprint density at radius 1 is 1.21 bits per heavy atom. The lowest BCUT2D eigenvalue weighted by atomic mass is 9.80. The lowest BCUT2D eigenvalue weighted by Crippen LogP contribution is -2.10. The highest BCUT2D eigenvalue weighted by atomic mass is 16.5. The molecule has 2 nitrogen and oxygen atoms in total. The number of allylic oxidation sites excluding steroid dienone is 3. The van der Waals surface area contributed by atoms with Crippen LogP contribution in [-0.4, -0.2) is 5.97 Å². The van der Waals surface area contributed by atoms with Crippen LogP contribution in [0.2, 0.25) is 0 Å². The first kappa shape index (κ1) is 12.2. The molecule has 0 aromatic heterocycles. The van der Waals surface area contributed by atoms with E-state index in [-0.39, 0.29) is 5.97 Å². The van der Waals surface area contributed by atoms with Crippen molar-refractivity contribution in [3.63, 3.8) is 0 Å². The highest BCUT2D eigenvalue weighted by molar-refractivity contribution is 5.78. The van der Waals surface area contributed by atoms with Gasteiger partial charge in [0.15, 0.2) is 0 Å².